The van der Waals surface area contributed by atoms with Crippen molar-refractivity contribution in [2.45, 2.75) is 96.8 Å². The van der Waals surface area contributed by atoms with Gasteiger partial charge in [0.25, 0.3) is 17.3 Å². The van der Waals surface area contributed by atoms with Crippen molar-refractivity contribution in [1.82, 2.24) is 20.2 Å². The molecule has 0 aliphatic carbocycles. The number of aryl methyl sites for hydroxylation is 1. The number of nitrogens with one attached hydrogen (secondary N) is 2. The van der Waals surface area contributed by atoms with Crippen LogP contribution in [0.25, 0.3) is 11.1 Å². The van der Waals surface area contributed by atoms with Gasteiger partial charge in [-0.3, -0.25) is 9.59 Å². The Kier molecular flexibility index (Phi) is 9.84. The number of hydrogen-bond acceptors (Lipinski definition) is 9. The fourth-order valence-corrected chi connectivity index (χ4v) is 8.04. The number of pyridine rings is 2. The molecule has 3 atom stereocenters. The van der Waals surface area contributed by atoms with Gasteiger partial charge in [-0.05, 0) is 98.0 Å². The summed E-state index contributed by atoms with van der Waals surface area (Å²) in [4.78, 5) is 40.0. The molecule has 0 bridgehead atoms. The molecule has 1 amide bonds. The first-order chi connectivity index (χ1) is 22.9. The molecule has 3 aliphatic rings. The van der Waals surface area contributed by atoms with E-state index in [2.05, 4.69) is 47.8 Å². The number of piperidine rings is 1. The summed E-state index contributed by atoms with van der Waals surface area (Å²) in [5.74, 6) is 1.15. The van der Waals surface area contributed by atoms with Crippen LogP contribution >= 0.6 is 11.8 Å². The molecule has 2 fully saturated rings. The molecule has 0 saturated carbocycles. The van der Waals surface area contributed by atoms with Crippen LogP contribution in [0, 0.1) is 19.8 Å². The number of morpholine rings is 1. The lowest BCUT2D eigenvalue weighted by Gasteiger charge is -2.40. The largest absolute Gasteiger partial charge is 0.448 e. The number of aromatic nitrogens is 2. The Morgan fingerprint density at radius 2 is 1.79 bits per heavy atom. The number of carbonyl (C=O) groups is 1. The number of amides is 1. The second-order valence-corrected chi connectivity index (χ2v) is 14.8. The van der Waals surface area contributed by atoms with Gasteiger partial charge in [-0.25, -0.2) is 4.98 Å². The van der Waals surface area contributed by atoms with Crippen molar-refractivity contribution in [3.8, 4) is 22.6 Å². The first kappa shape index (κ1) is 34.3. The van der Waals surface area contributed by atoms with Crippen molar-refractivity contribution in [2.75, 3.05) is 37.3 Å². The molecule has 3 aromatic rings. The van der Waals surface area contributed by atoms with Crippen LogP contribution in [0.5, 0.6) is 11.5 Å². The molecule has 3 aliphatic heterocycles. The standard InChI is InChI=1S/C37H49N5O5S/c1-21(2)41-13-11-27(12-14-41)37(7)46-33-25(6)28(35(43)39-18-30-31(48-8)15-22(3)40-36(30)44)16-29(34(33)47-37)26-9-10-32(38-17-26)42-19-23(4)45-24(5)20-42/h9-10,15-17,21,23-24,27H,11-14,18-20H2,1-8H3,(H,39,43)(H,40,44)/t23-,24+,37?. The van der Waals surface area contributed by atoms with Crippen molar-refractivity contribution >= 4 is 23.5 Å². The number of anilines is 1. The minimum absolute atomic E-state index is 0.104. The molecule has 1 unspecified atom stereocenters. The Hall–Kier alpha value is -3.54. The number of rotatable bonds is 8. The fraction of sp³-hybridized carbons (Fsp3) is 0.541. The number of ether oxygens (including phenoxy) is 3. The van der Waals surface area contributed by atoms with Gasteiger partial charge in [0.05, 0.1) is 12.2 Å². The molecule has 6 rings (SSSR count). The molecule has 0 spiro atoms. The summed E-state index contributed by atoms with van der Waals surface area (Å²) in [7, 11) is 0. The molecule has 10 nitrogen and oxygen atoms in total. The number of thioether (sulfide) groups is 1. The van der Waals surface area contributed by atoms with Gasteiger partial charge in [0, 0.05) is 83.1 Å². The highest BCUT2D eigenvalue weighted by Gasteiger charge is 2.47. The highest BCUT2D eigenvalue weighted by Crippen LogP contribution is 2.52. The summed E-state index contributed by atoms with van der Waals surface area (Å²) < 4.78 is 19.5. The maximum atomic E-state index is 13.9. The van der Waals surface area contributed by atoms with E-state index in [9.17, 15) is 9.59 Å². The van der Waals surface area contributed by atoms with Gasteiger partial charge in [0.1, 0.15) is 5.82 Å². The zero-order chi connectivity index (χ0) is 34.3. The molecule has 258 valence electrons. The summed E-state index contributed by atoms with van der Waals surface area (Å²) in [6.07, 6.45) is 5.94. The second kappa shape index (κ2) is 13.8. The number of likely N-dealkylation sites (tertiary alicyclic amines) is 1. The van der Waals surface area contributed by atoms with E-state index in [1.165, 1.54) is 11.8 Å². The highest BCUT2D eigenvalue weighted by molar-refractivity contribution is 7.98. The minimum Gasteiger partial charge on any atom is -0.448 e. The Morgan fingerprint density at radius 3 is 2.42 bits per heavy atom. The highest BCUT2D eigenvalue weighted by atomic mass is 32.2. The van der Waals surface area contributed by atoms with Gasteiger partial charge in [0.2, 0.25) is 0 Å². The van der Waals surface area contributed by atoms with E-state index in [1.54, 1.807) is 0 Å². The van der Waals surface area contributed by atoms with Crippen LogP contribution in [0.2, 0.25) is 0 Å². The van der Waals surface area contributed by atoms with Crippen LogP contribution in [-0.4, -0.2) is 77.2 Å². The van der Waals surface area contributed by atoms with Gasteiger partial charge in [-0.1, -0.05) is 0 Å². The second-order valence-electron chi connectivity index (χ2n) is 14.0. The van der Waals surface area contributed by atoms with E-state index in [0.717, 1.165) is 66.6 Å². The van der Waals surface area contributed by atoms with E-state index < -0.39 is 5.79 Å². The monoisotopic (exact) mass is 675 g/mol. The van der Waals surface area contributed by atoms with Gasteiger partial charge < -0.3 is 34.3 Å². The van der Waals surface area contributed by atoms with Crippen molar-refractivity contribution < 1.29 is 19.0 Å². The number of carbonyl (C=O) groups excluding carboxylic acids is 1. The van der Waals surface area contributed by atoms with E-state index in [0.29, 0.717) is 34.2 Å². The van der Waals surface area contributed by atoms with Crippen LogP contribution in [0.4, 0.5) is 5.82 Å². The fourth-order valence-electron chi connectivity index (χ4n) is 7.34. The summed E-state index contributed by atoms with van der Waals surface area (Å²) in [5, 5.41) is 3.01. The van der Waals surface area contributed by atoms with E-state index in [4.69, 9.17) is 19.2 Å². The summed E-state index contributed by atoms with van der Waals surface area (Å²) in [5.41, 5.74) is 3.89. The third-order valence-corrected chi connectivity index (χ3v) is 10.8. The lowest BCUT2D eigenvalue weighted by atomic mass is 9.88. The van der Waals surface area contributed by atoms with Crippen LogP contribution in [0.3, 0.4) is 0 Å². The van der Waals surface area contributed by atoms with Crippen molar-refractivity contribution in [2.24, 2.45) is 5.92 Å². The number of hydrogen-bond donors (Lipinski definition) is 2. The Labute approximate surface area is 287 Å². The summed E-state index contributed by atoms with van der Waals surface area (Å²) in [6, 6.07) is 8.37. The molecular weight excluding hydrogens is 627 g/mol. The topological polar surface area (TPSA) is 109 Å². The SMILES string of the molecule is CSc1cc(C)[nH]c(=O)c1CNC(=O)c1cc(-c2ccc(N3C[C@@H](C)O[C@@H](C)C3)nc2)c2c(c1C)OC(C)(C1CCN(C(C)C)CC1)O2. The molecule has 2 N–H and O–H groups in total. The van der Waals surface area contributed by atoms with Crippen molar-refractivity contribution in [1.29, 1.82) is 0 Å². The predicted molar refractivity (Wildman–Crippen MR) is 190 cm³/mol. The molecule has 48 heavy (non-hydrogen) atoms. The Bertz CT molecular complexity index is 1710. The van der Waals surface area contributed by atoms with E-state index in [-0.39, 0.29) is 36.1 Å². The third-order valence-electron chi connectivity index (χ3n) is 10.0. The van der Waals surface area contributed by atoms with Crippen LogP contribution in [-0.2, 0) is 11.3 Å². The zero-order valence-corrected chi connectivity index (χ0v) is 30.3. The van der Waals surface area contributed by atoms with Crippen LogP contribution in [0.15, 0.2) is 40.2 Å². The van der Waals surface area contributed by atoms with Gasteiger partial charge in [-0.2, -0.15) is 0 Å². The maximum absolute atomic E-state index is 13.9. The van der Waals surface area contributed by atoms with Crippen LogP contribution in [0.1, 0.15) is 74.6 Å². The van der Waals surface area contributed by atoms with Gasteiger partial charge in [-0.15, -0.1) is 11.8 Å². The maximum Gasteiger partial charge on any atom is 0.254 e. The van der Waals surface area contributed by atoms with Crippen LogP contribution < -0.4 is 25.2 Å². The average Bonchev–Trinajstić information content (AvgIpc) is 3.43. The molecular formula is C37H49N5O5S. The zero-order valence-electron chi connectivity index (χ0n) is 29.4. The number of nitrogens with zero attached hydrogens (tertiary/aromatic N) is 3. The predicted octanol–water partition coefficient (Wildman–Crippen LogP) is 5.93. The van der Waals surface area contributed by atoms with E-state index >= 15 is 0 Å². The molecule has 2 saturated heterocycles. The lowest BCUT2D eigenvalue weighted by molar-refractivity contribution is -0.126. The molecule has 5 heterocycles. The average molecular weight is 676 g/mol. The molecule has 2 aromatic heterocycles. The molecule has 11 heteroatoms. The lowest BCUT2D eigenvalue weighted by Crippen LogP contribution is -2.49. The first-order valence-corrected chi connectivity index (χ1v) is 18.3. The number of aromatic amines is 1. The van der Waals surface area contributed by atoms with Crippen molar-refractivity contribution in [3.05, 3.63) is 63.2 Å². The van der Waals surface area contributed by atoms with Gasteiger partial charge >= 0.3 is 0 Å². The van der Waals surface area contributed by atoms with E-state index in [1.807, 2.05) is 57.5 Å². The Balaban J connectivity index is 1.34. The normalized spacial score (nSPS) is 23.1. The number of fused-ring (bicyclic) bond motifs is 1. The molecule has 0 radical (unpaired) electrons. The first-order valence-electron chi connectivity index (χ1n) is 17.1. The quantitative estimate of drug-likeness (QED) is 0.281. The smallest absolute Gasteiger partial charge is 0.254 e. The number of H-pyrrole nitrogens is 1. The number of benzene rings is 1. The minimum atomic E-state index is -0.865. The van der Waals surface area contributed by atoms with Crippen molar-refractivity contribution in [3.63, 3.8) is 0 Å². The van der Waals surface area contributed by atoms with Gasteiger partial charge in [0.15, 0.2) is 11.5 Å². The Morgan fingerprint density at radius 1 is 1.10 bits per heavy atom. The third kappa shape index (κ3) is 6.82. The summed E-state index contributed by atoms with van der Waals surface area (Å²) in [6.45, 7) is 18.0. The molecule has 1 aromatic carbocycles. The summed E-state index contributed by atoms with van der Waals surface area (Å²) >= 11 is 1.49.